The number of methoxy groups -OCH3 is 1. The molecule has 2 aromatic heterocycles. The number of nitriles is 1. The quantitative estimate of drug-likeness (QED) is 0.556. The molecule has 4 aromatic rings. The number of esters is 1. The zero-order chi connectivity index (χ0) is 19.0. The number of fused-ring (bicyclic) bond motifs is 1. The van der Waals surface area contributed by atoms with Gasteiger partial charge in [0.25, 0.3) is 0 Å². The van der Waals surface area contributed by atoms with E-state index in [2.05, 4.69) is 0 Å². The molecule has 27 heavy (non-hydrogen) atoms. The minimum atomic E-state index is -0.624. The Morgan fingerprint density at radius 3 is 2.67 bits per heavy atom. The Balaban J connectivity index is 1.97. The molecule has 0 saturated heterocycles. The van der Waals surface area contributed by atoms with Crippen LogP contribution in [0.15, 0.2) is 65.2 Å². The lowest BCUT2D eigenvalue weighted by Gasteiger charge is -2.09. The Morgan fingerprint density at radius 1 is 1.19 bits per heavy atom. The normalized spacial score (nSPS) is 10.7. The maximum absolute atomic E-state index is 12.3. The van der Waals surface area contributed by atoms with Gasteiger partial charge in [-0.05, 0) is 12.1 Å². The molecule has 0 bridgehead atoms. The number of furan rings is 1. The molecule has 6 heteroatoms. The van der Waals surface area contributed by atoms with Crippen LogP contribution >= 0.6 is 0 Å². The molecule has 2 heterocycles. The van der Waals surface area contributed by atoms with Crippen molar-refractivity contribution in [3.8, 4) is 23.1 Å². The molecule has 132 valence electrons. The van der Waals surface area contributed by atoms with Crippen LogP contribution in [-0.4, -0.2) is 17.6 Å². The van der Waals surface area contributed by atoms with Gasteiger partial charge < -0.3 is 19.5 Å². The lowest BCUT2D eigenvalue weighted by atomic mass is 10.1. The van der Waals surface area contributed by atoms with E-state index in [1.807, 2.05) is 54.6 Å². The highest BCUT2D eigenvalue weighted by molar-refractivity contribution is 5.97. The van der Waals surface area contributed by atoms with Gasteiger partial charge in [-0.25, -0.2) is 4.79 Å². The van der Waals surface area contributed by atoms with Crippen molar-refractivity contribution in [2.45, 2.75) is 0 Å². The molecule has 0 aliphatic rings. The van der Waals surface area contributed by atoms with Crippen LogP contribution in [0.2, 0.25) is 0 Å². The van der Waals surface area contributed by atoms with Crippen LogP contribution in [0.3, 0.4) is 0 Å². The molecule has 2 aromatic carbocycles. The highest BCUT2D eigenvalue weighted by Gasteiger charge is 2.23. The monoisotopic (exact) mass is 357 g/mol. The average Bonchev–Trinajstić information content (AvgIpc) is 3.29. The number of hydrogen-bond acceptors (Lipinski definition) is 5. The van der Waals surface area contributed by atoms with Gasteiger partial charge in [0, 0.05) is 17.1 Å². The number of nitrogens with two attached hydrogens (primary N) is 1. The van der Waals surface area contributed by atoms with Crippen LogP contribution in [0.1, 0.15) is 16.1 Å². The Bertz CT molecular complexity index is 1200. The smallest absolute Gasteiger partial charge is 0.357 e. The predicted octanol–water partition coefficient (Wildman–Crippen LogP) is 4.13. The molecule has 0 atom stereocenters. The van der Waals surface area contributed by atoms with Crippen molar-refractivity contribution in [2.75, 3.05) is 12.8 Å². The second kappa shape index (κ2) is 6.39. The van der Waals surface area contributed by atoms with E-state index in [1.54, 1.807) is 10.6 Å². The van der Waals surface area contributed by atoms with E-state index in [9.17, 15) is 10.1 Å². The zero-order valence-corrected chi connectivity index (χ0v) is 14.5. The summed E-state index contributed by atoms with van der Waals surface area (Å²) < 4.78 is 12.5. The SMILES string of the molecule is COC(=O)c1c(N)c(C#N)cn1-c1cccc2cc(-c3ccccc3)oc12. The highest BCUT2D eigenvalue weighted by Crippen LogP contribution is 2.34. The average molecular weight is 357 g/mol. The molecule has 0 amide bonds. The van der Waals surface area contributed by atoms with Crippen molar-refractivity contribution in [2.24, 2.45) is 0 Å². The minimum Gasteiger partial charge on any atom is -0.464 e. The van der Waals surface area contributed by atoms with E-state index >= 15 is 0 Å². The number of carbonyl (C=O) groups excluding carboxylic acids is 1. The first-order valence-electron chi connectivity index (χ1n) is 8.21. The molecule has 0 fully saturated rings. The Kier molecular flexibility index (Phi) is 3.90. The topological polar surface area (TPSA) is 94.2 Å². The van der Waals surface area contributed by atoms with Gasteiger partial charge >= 0.3 is 5.97 Å². The third kappa shape index (κ3) is 2.62. The summed E-state index contributed by atoms with van der Waals surface area (Å²) in [6.07, 6.45) is 1.51. The van der Waals surface area contributed by atoms with Gasteiger partial charge in [0.05, 0.1) is 24.0 Å². The maximum atomic E-state index is 12.3. The number of ether oxygens (including phenoxy) is 1. The first-order chi connectivity index (χ1) is 13.1. The summed E-state index contributed by atoms with van der Waals surface area (Å²) >= 11 is 0. The van der Waals surface area contributed by atoms with Gasteiger partial charge in [-0.1, -0.05) is 42.5 Å². The largest absolute Gasteiger partial charge is 0.464 e. The van der Waals surface area contributed by atoms with E-state index in [0.29, 0.717) is 17.0 Å². The van der Waals surface area contributed by atoms with Crippen LogP contribution in [-0.2, 0) is 4.74 Å². The second-order valence-electron chi connectivity index (χ2n) is 5.95. The van der Waals surface area contributed by atoms with Crippen LogP contribution in [0, 0.1) is 11.3 Å². The summed E-state index contributed by atoms with van der Waals surface area (Å²) in [6.45, 7) is 0. The van der Waals surface area contributed by atoms with Gasteiger partial charge in [0.15, 0.2) is 11.3 Å². The summed E-state index contributed by atoms with van der Waals surface area (Å²) in [6, 6.07) is 19.2. The third-order valence-electron chi connectivity index (χ3n) is 4.38. The van der Waals surface area contributed by atoms with Crippen molar-refractivity contribution in [3.05, 3.63) is 72.1 Å². The van der Waals surface area contributed by atoms with Gasteiger partial charge in [0.2, 0.25) is 0 Å². The van der Waals surface area contributed by atoms with Crippen molar-refractivity contribution < 1.29 is 13.9 Å². The number of para-hydroxylation sites is 1. The number of anilines is 1. The van der Waals surface area contributed by atoms with E-state index in [4.69, 9.17) is 14.9 Å². The van der Waals surface area contributed by atoms with E-state index in [-0.39, 0.29) is 16.9 Å². The first kappa shape index (κ1) is 16.5. The Labute approximate surface area is 155 Å². The molecular formula is C21H15N3O3. The zero-order valence-electron chi connectivity index (χ0n) is 14.5. The minimum absolute atomic E-state index is 0.0798. The van der Waals surface area contributed by atoms with Crippen LogP contribution in [0.4, 0.5) is 5.69 Å². The van der Waals surface area contributed by atoms with Gasteiger partial charge in [0.1, 0.15) is 11.8 Å². The predicted molar refractivity (Wildman–Crippen MR) is 101 cm³/mol. The fourth-order valence-corrected chi connectivity index (χ4v) is 3.09. The molecule has 0 unspecified atom stereocenters. The van der Waals surface area contributed by atoms with Crippen molar-refractivity contribution >= 4 is 22.6 Å². The lowest BCUT2D eigenvalue weighted by molar-refractivity contribution is 0.0593. The number of carbonyl (C=O) groups is 1. The maximum Gasteiger partial charge on any atom is 0.357 e. The molecule has 0 saturated carbocycles. The van der Waals surface area contributed by atoms with Crippen LogP contribution < -0.4 is 5.73 Å². The van der Waals surface area contributed by atoms with E-state index < -0.39 is 5.97 Å². The summed E-state index contributed by atoms with van der Waals surface area (Å²) in [4.78, 5) is 12.3. The fourth-order valence-electron chi connectivity index (χ4n) is 3.09. The van der Waals surface area contributed by atoms with E-state index in [0.717, 1.165) is 10.9 Å². The van der Waals surface area contributed by atoms with Crippen LogP contribution in [0.5, 0.6) is 0 Å². The number of nitrogen functional groups attached to an aromatic ring is 1. The molecule has 0 spiro atoms. The van der Waals surface area contributed by atoms with Crippen molar-refractivity contribution in [1.82, 2.24) is 4.57 Å². The standard InChI is InChI=1S/C21H15N3O3/c1-26-21(25)19-18(23)15(11-22)12-24(19)16-9-5-8-14-10-17(27-20(14)16)13-6-3-2-4-7-13/h2-10,12H,23H2,1H3. The van der Waals surface area contributed by atoms with E-state index in [1.165, 1.54) is 13.3 Å². The Hall–Kier alpha value is -3.98. The molecule has 0 radical (unpaired) electrons. The summed E-state index contributed by atoms with van der Waals surface area (Å²) in [5, 5.41) is 10.2. The van der Waals surface area contributed by atoms with Gasteiger partial charge in [-0.2, -0.15) is 5.26 Å². The summed E-state index contributed by atoms with van der Waals surface area (Å²) in [7, 11) is 1.27. The van der Waals surface area contributed by atoms with Gasteiger partial charge in [-0.3, -0.25) is 0 Å². The molecule has 4 rings (SSSR count). The summed E-state index contributed by atoms with van der Waals surface area (Å²) in [5.74, 6) is 0.0825. The summed E-state index contributed by atoms with van der Waals surface area (Å²) in [5.41, 5.74) is 8.49. The first-order valence-corrected chi connectivity index (χ1v) is 8.21. The number of hydrogen-bond donors (Lipinski definition) is 1. The number of nitrogens with zero attached hydrogens (tertiary/aromatic N) is 2. The fraction of sp³-hybridized carbons (Fsp3) is 0.0476. The molecular weight excluding hydrogens is 342 g/mol. The number of benzene rings is 2. The highest BCUT2D eigenvalue weighted by atomic mass is 16.5. The van der Waals surface area contributed by atoms with Crippen molar-refractivity contribution in [1.29, 1.82) is 5.26 Å². The molecule has 0 aliphatic carbocycles. The number of rotatable bonds is 3. The third-order valence-corrected chi connectivity index (χ3v) is 4.38. The molecule has 6 nitrogen and oxygen atoms in total. The molecule has 0 aliphatic heterocycles. The lowest BCUT2D eigenvalue weighted by Crippen LogP contribution is -2.11. The Morgan fingerprint density at radius 2 is 1.96 bits per heavy atom. The second-order valence-corrected chi connectivity index (χ2v) is 5.95. The number of aromatic nitrogens is 1. The van der Waals surface area contributed by atoms with Crippen molar-refractivity contribution in [3.63, 3.8) is 0 Å². The van der Waals surface area contributed by atoms with Crippen LogP contribution in [0.25, 0.3) is 28.0 Å². The van der Waals surface area contributed by atoms with Gasteiger partial charge in [-0.15, -0.1) is 0 Å². The molecule has 2 N–H and O–H groups in total.